The van der Waals surface area contributed by atoms with Crippen molar-refractivity contribution in [2.24, 2.45) is 22.0 Å². The average Bonchev–Trinajstić information content (AvgIpc) is 2.60. The van der Waals surface area contributed by atoms with E-state index < -0.39 is 0 Å². The Bertz CT molecular complexity index is 482. The highest BCUT2D eigenvalue weighted by molar-refractivity contribution is 5.89. The molecule has 2 aliphatic rings. The molecule has 25 heavy (non-hydrogen) atoms. The molecule has 0 saturated heterocycles. The highest BCUT2D eigenvalue weighted by Gasteiger charge is 2.17. The van der Waals surface area contributed by atoms with E-state index in [0.717, 1.165) is 49.9 Å². The van der Waals surface area contributed by atoms with Gasteiger partial charge in [-0.05, 0) is 56.8 Å². The Morgan fingerprint density at radius 3 is 1.68 bits per heavy atom. The molecule has 0 heterocycles. The van der Waals surface area contributed by atoms with E-state index in [1.54, 1.807) is 0 Å². The number of carbonyl (C=O) groups excluding carboxylic acids is 2. The first-order valence-electron chi connectivity index (χ1n) is 9.77. The molecule has 0 aromatic rings. The van der Waals surface area contributed by atoms with Gasteiger partial charge in [0.15, 0.2) is 0 Å². The molecule has 2 aliphatic carbocycles. The minimum Gasteiger partial charge on any atom is -0.273 e. The fraction of sp³-hybridized carbons (Fsp3) is 0.789. The molecule has 0 radical (unpaired) electrons. The molecular weight excluding hydrogens is 316 g/mol. The summed E-state index contributed by atoms with van der Waals surface area (Å²) in [5.74, 6) is 0.679. The molecule has 0 aromatic carbocycles. The van der Waals surface area contributed by atoms with E-state index in [0.29, 0.717) is 31.1 Å². The predicted octanol–water partition coefficient (Wildman–Crippen LogP) is 3.52. The number of hydrogen-bond acceptors (Lipinski definition) is 4. The Labute approximate surface area is 150 Å². The number of nitrogens with zero attached hydrogens (tertiary/aromatic N) is 2. The Morgan fingerprint density at radius 1 is 0.840 bits per heavy atom. The number of carbonyl (C=O) groups is 2. The van der Waals surface area contributed by atoms with Crippen molar-refractivity contribution >= 4 is 23.2 Å². The molecule has 2 fully saturated rings. The first-order chi connectivity index (χ1) is 12.1. The lowest BCUT2D eigenvalue weighted by Gasteiger charge is -2.19. The summed E-state index contributed by atoms with van der Waals surface area (Å²) in [6, 6.07) is 0. The summed E-state index contributed by atoms with van der Waals surface area (Å²) in [7, 11) is 0. The lowest BCUT2D eigenvalue weighted by Crippen LogP contribution is -2.25. The average molecular weight is 348 g/mol. The fourth-order valence-electron chi connectivity index (χ4n) is 3.46. The Hall–Kier alpha value is -1.72. The molecule has 0 aliphatic heterocycles. The molecule has 2 atom stereocenters. The van der Waals surface area contributed by atoms with Gasteiger partial charge in [0.1, 0.15) is 0 Å². The minimum absolute atomic E-state index is 0.120. The van der Waals surface area contributed by atoms with Gasteiger partial charge >= 0.3 is 0 Å². The smallest absolute Gasteiger partial charge is 0.240 e. The van der Waals surface area contributed by atoms with Crippen molar-refractivity contribution in [1.29, 1.82) is 0 Å². The summed E-state index contributed by atoms with van der Waals surface area (Å²) < 4.78 is 0. The van der Waals surface area contributed by atoms with E-state index >= 15 is 0 Å². The van der Waals surface area contributed by atoms with Crippen LogP contribution >= 0.6 is 0 Å². The van der Waals surface area contributed by atoms with Crippen LogP contribution in [-0.4, -0.2) is 23.2 Å². The first-order valence-corrected chi connectivity index (χ1v) is 9.77. The highest BCUT2D eigenvalue weighted by atomic mass is 16.2. The van der Waals surface area contributed by atoms with Gasteiger partial charge in [-0.15, -0.1) is 0 Å². The predicted molar refractivity (Wildman–Crippen MR) is 100 cm³/mol. The summed E-state index contributed by atoms with van der Waals surface area (Å²) in [6.07, 6.45) is 10.2. The van der Waals surface area contributed by atoms with Gasteiger partial charge in [-0.3, -0.25) is 9.59 Å². The third-order valence-corrected chi connectivity index (χ3v) is 5.23. The molecule has 2 saturated carbocycles. The van der Waals surface area contributed by atoms with Crippen molar-refractivity contribution in [3.63, 3.8) is 0 Å². The summed E-state index contributed by atoms with van der Waals surface area (Å²) in [6.45, 7) is 4.31. The third kappa shape index (κ3) is 6.96. The third-order valence-electron chi connectivity index (χ3n) is 5.23. The number of nitrogens with one attached hydrogen (secondary N) is 2. The van der Waals surface area contributed by atoms with E-state index in [9.17, 15) is 9.59 Å². The molecule has 140 valence electrons. The monoisotopic (exact) mass is 348 g/mol. The normalized spacial score (nSPS) is 27.3. The zero-order valence-corrected chi connectivity index (χ0v) is 15.6. The minimum atomic E-state index is -0.120. The van der Waals surface area contributed by atoms with Gasteiger partial charge in [0, 0.05) is 24.3 Å². The van der Waals surface area contributed by atoms with Gasteiger partial charge in [0.25, 0.3) is 0 Å². The van der Waals surface area contributed by atoms with Crippen LogP contribution in [0.1, 0.15) is 84.5 Å². The number of rotatable bonds is 6. The second kappa shape index (κ2) is 10.3. The van der Waals surface area contributed by atoms with Crippen molar-refractivity contribution < 1.29 is 9.59 Å². The zero-order chi connectivity index (χ0) is 18.1. The largest absolute Gasteiger partial charge is 0.273 e. The zero-order valence-electron chi connectivity index (χ0n) is 15.6. The van der Waals surface area contributed by atoms with Crippen LogP contribution in [0.2, 0.25) is 0 Å². The summed E-state index contributed by atoms with van der Waals surface area (Å²) in [5.41, 5.74) is 7.46. The summed E-state index contributed by atoms with van der Waals surface area (Å²) >= 11 is 0. The van der Waals surface area contributed by atoms with E-state index in [2.05, 4.69) is 34.9 Å². The lowest BCUT2D eigenvalue weighted by atomic mass is 9.89. The van der Waals surface area contributed by atoms with Gasteiger partial charge in [-0.25, -0.2) is 10.9 Å². The fourth-order valence-corrected chi connectivity index (χ4v) is 3.46. The van der Waals surface area contributed by atoms with Crippen LogP contribution < -0.4 is 10.9 Å². The van der Waals surface area contributed by atoms with Crippen LogP contribution in [-0.2, 0) is 9.59 Å². The van der Waals surface area contributed by atoms with Gasteiger partial charge in [0.05, 0.1) is 0 Å². The van der Waals surface area contributed by atoms with Gasteiger partial charge in [0.2, 0.25) is 11.8 Å². The summed E-state index contributed by atoms with van der Waals surface area (Å²) in [5, 5.41) is 8.52. The van der Waals surface area contributed by atoms with Crippen LogP contribution in [0.15, 0.2) is 10.2 Å². The topological polar surface area (TPSA) is 82.9 Å². The van der Waals surface area contributed by atoms with Crippen LogP contribution in [0.5, 0.6) is 0 Å². The SMILES string of the molecule is CC1CCCCC1=NNC(=O)CCCC(=O)NN=C1CCCCC1C. The van der Waals surface area contributed by atoms with Gasteiger partial charge in [-0.2, -0.15) is 10.2 Å². The Kier molecular flexibility index (Phi) is 8.09. The van der Waals surface area contributed by atoms with Crippen LogP contribution in [0.4, 0.5) is 0 Å². The number of hydrazone groups is 2. The molecule has 2 amide bonds. The van der Waals surface area contributed by atoms with Crippen molar-refractivity contribution in [2.45, 2.75) is 84.5 Å². The second-order valence-corrected chi connectivity index (χ2v) is 7.42. The van der Waals surface area contributed by atoms with E-state index in [1.165, 1.54) is 12.8 Å². The molecule has 2 rings (SSSR count). The molecule has 2 unspecified atom stereocenters. The molecule has 6 heteroatoms. The molecule has 0 bridgehead atoms. The Morgan fingerprint density at radius 2 is 1.28 bits per heavy atom. The summed E-state index contributed by atoms with van der Waals surface area (Å²) in [4.78, 5) is 23.7. The maximum absolute atomic E-state index is 11.8. The van der Waals surface area contributed by atoms with Crippen molar-refractivity contribution in [3.05, 3.63) is 0 Å². The molecule has 0 spiro atoms. The van der Waals surface area contributed by atoms with Crippen molar-refractivity contribution in [3.8, 4) is 0 Å². The van der Waals surface area contributed by atoms with E-state index in [1.807, 2.05) is 0 Å². The van der Waals surface area contributed by atoms with Crippen molar-refractivity contribution in [1.82, 2.24) is 10.9 Å². The van der Waals surface area contributed by atoms with Crippen molar-refractivity contribution in [2.75, 3.05) is 0 Å². The van der Waals surface area contributed by atoms with Crippen LogP contribution in [0, 0.1) is 11.8 Å². The van der Waals surface area contributed by atoms with E-state index in [-0.39, 0.29) is 11.8 Å². The van der Waals surface area contributed by atoms with Crippen LogP contribution in [0.3, 0.4) is 0 Å². The standard InChI is InChI=1S/C19H32N4O2/c1-14-8-3-5-10-16(14)20-22-18(24)12-7-13-19(25)23-21-17-11-6-4-9-15(17)2/h14-15H,3-13H2,1-2H3,(H,22,24)(H,23,25). The molecule has 0 aromatic heterocycles. The first kappa shape index (κ1) is 19.6. The lowest BCUT2D eigenvalue weighted by molar-refractivity contribution is -0.122. The Balaban J connectivity index is 1.62. The molecular formula is C19H32N4O2. The number of hydrogen-bond donors (Lipinski definition) is 2. The van der Waals surface area contributed by atoms with Gasteiger partial charge in [-0.1, -0.05) is 26.7 Å². The highest BCUT2D eigenvalue weighted by Crippen LogP contribution is 2.21. The maximum atomic E-state index is 11.8. The molecule has 6 nitrogen and oxygen atoms in total. The van der Waals surface area contributed by atoms with E-state index in [4.69, 9.17) is 0 Å². The maximum Gasteiger partial charge on any atom is 0.240 e. The van der Waals surface area contributed by atoms with Crippen LogP contribution in [0.25, 0.3) is 0 Å². The molecule has 2 N–H and O–H groups in total. The number of amides is 2. The quantitative estimate of drug-likeness (QED) is 0.720. The van der Waals surface area contributed by atoms with Gasteiger partial charge < -0.3 is 0 Å². The second-order valence-electron chi connectivity index (χ2n) is 7.42.